The summed E-state index contributed by atoms with van der Waals surface area (Å²) in [6, 6.07) is 17.0. The van der Waals surface area contributed by atoms with E-state index in [0.717, 1.165) is 5.56 Å². The molecule has 3 aromatic carbocycles. The summed E-state index contributed by atoms with van der Waals surface area (Å²) in [4.78, 5) is 37.3. The summed E-state index contributed by atoms with van der Waals surface area (Å²) in [5.74, 6) is -0.730. The standard InChI is InChI=1S/C29H23BrN2O7/c1-15-23(29(34)38-3)24(25-26(31-15)19-9-4-5-10-20(19)27(25)33)17-12-21(30)28(22(13-17)37-2)39-14-16-7-6-8-18(11-16)32(35)36/h4-13,24,31H,14H2,1-3H3/t24-/m1/s1. The molecule has 9 nitrogen and oxygen atoms in total. The lowest BCUT2D eigenvalue weighted by Crippen LogP contribution is -2.29. The van der Waals surface area contributed by atoms with Gasteiger partial charge in [0.05, 0.1) is 34.9 Å². The van der Waals surface area contributed by atoms with Gasteiger partial charge in [-0.3, -0.25) is 14.9 Å². The molecule has 0 radical (unpaired) electrons. The number of dihydropyridines is 1. The van der Waals surface area contributed by atoms with Gasteiger partial charge in [-0.2, -0.15) is 0 Å². The number of rotatable bonds is 7. The summed E-state index contributed by atoms with van der Waals surface area (Å²) in [7, 11) is 2.79. The van der Waals surface area contributed by atoms with Crippen LogP contribution >= 0.6 is 15.9 Å². The lowest BCUT2D eigenvalue weighted by atomic mass is 9.79. The van der Waals surface area contributed by atoms with Crippen LogP contribution in [0.3, 0.4) is 0 Å². The normalized spacial score (nSPS) is 15.9. The van der Waals surface area contributed by atoms with Crippen LogP contribution in [-0.2, 0) is 16.1 Å². The number of esters is 1. The molecule has 1 aliphatic heterocycles. The number of benzene rings is 3. The molecule has 2 aliphatic rings. The number of non-ortho nitro benzene ring substituents is 1. The molecule has 10 heteroatoms. The number of nitrogens with one attached hydrogen (secondary N) is 1. The van der Waals surface area contributed by atoms with Crippen molar-refractivity contribution in [3.63, 3.8) is 0 Å². The second-order valence-corrected chi connectivity index (χ2v) is 9.86. The molecule has 0 unspecified atom stereocenters. The second kappa shape index (κ2) is 10.4. The molecule has 0 aromatic heterocycles. The number of halogens is 1. The minimum Gasteiger partial charge on any atom is -0.493 e. The molecule has 1 aliphatic carbocycles. The number of nitrogens with zero attached hydrogens (tertiary/aromatic N) is 1. The molecule has 1 heterocycles. The maximum Gasteiger partial charge on any atom is 0.336 e. The Morgan fingerprint density at radius 3 is 2.51 bits per heavy atom. The highest BCUT2D eigenvalue weighted by Gasteiger charge is 2.43. The van der Waals surface area contributed by atoms with Gasteiger partial charge in [0.1, 0.15) is 6.61 Å². The van der Waals surface area contributed by atoms with Gasteiger partial charge in [-0.25, -0.2) is 4.79 Å². The second-order valence-electron chi connectivity index (χ2n) is 9.00. The van der Waals surface area contributed by atoms with Crippen molar-refractivity contribution in [1.82, 2.24) is 5.32 Å². The van der Waals surface area contributed by atoms with E-state index in [0.29, 0.717) is 55.2 Å². The van der Waals surface area contributed by atoms with E-state index < -0.39 is 16.8 Å². The van der Waals surface area contributed by atoms with E-state index in [9.17, 15) is 19.7 Å². The minimum absolute atomic E-state index is 0.0350. The molecule has 5 rings (SSSR count). The zero-order chi connectivity index (χ0) is 27.8. The first-order valence-electron chi connectivity index (χ1n) is 11.9. The quantitative estimate of drug-likeness (QED) is 0.212. The number of ketones is 1. The summed E-state index contributed by atoms with van der Waals surface area (Å²) < 4.78 is 17.3. The van der Waals surface area contributed by atoms with E-state index in [2.05, 4.69) is 21.2 Å². The highest BCUT2D eigenvalue weighted by atomic mass is 79.9. The number of methoxy groups -OCH3 is 2. The largest absolute Gasteiger partial charge is 0.493 e. The van der Waals surface area contributed by atoms with Crippen molar-refractivity contribution in [1.29, 1.82) is 0 Å². The lowest BCUT2D eigenvalue weighted by Gasteiger charge is -2.29. The molecule has 3 aromatic rings. The minimum atomic E-state index is -0.732. The molecule has 1 N–H and O–H groups in total. The van der Waals surface area contributed by atoms with Crippen molar-refractivity contribution < 1.29 is 28.7 Å². The fourth-order valence-electron chi connectivity index (χ4n) is 5.00. The monoisotopic (exact) mass is 590 g/mol. The smallest absolute Gasteiger partial charge is 0.336 e. The first kappa shape index (κ1) is 26.2. The highest BCUT2D eigenvalue weighted by Crippen LogP contribution is 2.49. The van der Waals surface area contributed by atoms with E-state index >= 15 is 0 Å². The number of nitro benzene ring substituents is 1. The van der Waals surface area contributed by atoms with Gasteiger partial charge in [0.15, 0.2) is 17.3 Å². The number of hydrogen-bond acceptors (Lipinski definition) is 8. The van der Waals surface area contributed by atoms with Crippen molar-refractivity contribution in [2.24, 2.45) is 0 Å². The molecule has 0 saturated heterocycles. The van der Waals surface area contributed by atoms with Crippen LogP contribution in [0, 0.1) is 10.1 Å². The summed E-state index contributed by atoms with van der Waals surface area (Å²) >= 11 is 3.56. The Morgan fingerprint density at radius 1 is 1.08 bits per heavy atom. The fourth-order valence-corrected chi connectivity index (χ4v) is 5.58. The van der Waals surface area contributed by atoms with E-state index in [1.165, 1.54) is 26.4 Å². The number of hydrogen-bond donors (Lipinski definition) is 1. The van der Waals surface area contributed by atoms with Crippen LogP contribution in [0.1, 0.15) is 39.9 Å². The molecule has 198 valence electrons. The third-order valence-corrected chi connectivity index (χ3v) is 7.33. The van der Waals surface area contributed by atoms with Crippen molar-refractivity contribution in [2.75, 3.05) is 14.2 Å². The summed E-state index contributed by atoms with van der Waals surface area (Å²) in [5, 5.41) is 14.4. The maximum absolute atomic E-state index is 13.6. The SMILES string of the molecule is COC(=O)C1=C(C)NC2=C(C(=O)c3ccccc32)[C@@H]1c1cc(Br)c(OCc2cccc([N+](=O)[O-])c2)c(OC)c1. The van der Waals surface area contributed by atoms with Gasteiger partial charge in [0.2, 0.25) is 0 Å². The summed E-state index contributed by atoms with van der Waals surface area (Å²) in [6.45, 7) is 1.83. The first-order chi connectivity index (χ1) is 18.7. The molecule has 1 atom stereocenters. The van der Waals surface area contributed by atoms with Crippen LogP contribution < -0.4 is 14.8 Å². The Hall–Kier alpha value is -4.44. The number of nitro groups is 1. The Labute approximate surface area is 232 Å². The van der Waals surface area contributed by atoms with Gasteiger partial charge < -0.3 is 19.5 Å². The van der Waals surface area contributed by atoms with Gasteiger partial charge in [0, 0.05) is 40.4 Å². The van der Waals surface area contributed by atoms with Crippen LogP contribution in [-0.4, -0.2) is 30.9 Å². The van der Waals surface area contributed by atoms with E-state index in [-0.39, 0.29) is 18.1 Å². The zero-order valence-corrected chi connectivity index (χ0v) is 22.8. The Kier molecular flexibility index (Phi) is 6.96. The number of ether oxygens (including phenoxy) is 3. The molecule has 0 bridgehead atoms. The molecular formula is C29H23BrN2O7. The van der Waals surface area contributed by atoms with Crippen LogP contribution in [0.2, 0.25) is 0 Å². The Balaban J connectivity index is 1.58. The van der Waals surface area contributed by atoms with Gasteiger partial charge in [-0.1, -0.05) is 36.4 Å². The van der Waals surface area contributed by atoms with Gasteiger partial charge in [0.25, 0.3) is 5.69 Å². The maximum atomic E-state index is 13.6. The number of fused-ring (bicyclic) bond motifs is 2. The number of allylic oxidation sites excluding steroid dienone is 2. The summed E-state index contributed by atoms with van der Waals surface area (Å²) in [5.41, 5.74) is 4.52. The fraction of sp³-hybridized carbons (Fsp3) is 0.172. The van der Waals surface area contributed by atoms with Crippen molar-refractivity contribution in [2.45, 2.75) is 19.4 Å². The van der Waals surface area contributed by atoms with Crippen molar-refractivity contribution in [3.05, 3.63) is 114 Å². The Morgan fingerprint density at radius 2 is 1.82 bits per heavy atom. The molecule has 0 amide bonds. The van der Waals surface area contributed by atoms with E-state index in [1.54, 1.807) is 43.3 Å². The van der Waals surface area contributed by atoms with E-state index in [1.807, 2.05) is 12.1 Å². The molecule has 0 fully saturated rings. The average molecular weight is 591 g/mol. The molecule has 0 saturated carbocycles. The predicted octanol–water partition coefficient (Wildman–Crippen LogP) is 5.69. The van der Waals surface area contributed by atoms with Crippen LogP contribution in [0.5, 0.6) is 11.5 Å². The first-order valence-corrected chi connectivity index (χ1v) is 12.7. The predicted molar refractivity (Wildman–Crippen MR) is 146 cm³/mol. The number of Topliss-reactive ketones (excluding diaryl/α,β-unsaturated/α-hetero) is 1. The van der Waals surface area contributed by atoms with Crippen LogP contribution in [0.25, 0.3) is 5.70 Å². The number of carbonyl (C=O) groups excluding carboxylic acids is 2. The Bertz CT molecular complexity index is 1610. The van der Waals surface area contributed by atoms with Gasteiger partial charge >= 0.3 is 5.97 Å². The highest BCUT2D eigenvalue weighted by molar-refractivity contribution is 9.10. The van der Waals surface area contributed by atoms with Crippen molar-refractivity contribution >= 4 is 39.1 Å². The molecular weight excluding hydrogens is 568 g/mol. The zero-order valence-electron chi connectivity index (χ0n) is 21.2. The van der Waals surface area contributed by atoms with Gasteiger partial charge in [-0.05, 0) is 46.1 Å². The third-order valence-electron chi connectivity index (χ3n) is 6.74. The van der Waals surface area contributed by atoms with E-state index in [4.69, 9.17) is 14.2 Å². The third kappa shape index (κ3) is 4.57. The topological polar surface area (TPSA) is 117 Å². The van der Waals surface area contributed by atoms with Gasteiger partial charge in [-0.15, -0.1) is 0 Å². The molecule has 0 spiro atoms. The lowest BCUT2D eigenvalue weighted by molar-refractivity contribution is -0.384. The molecule has 39 heavy (non-hydrogen) atoms. The number of carbonyl (C=O) groups is 2. The van der Waals surface area contributed by atoms with Crippen molar-refractivity contribution in [3.8, 4) is 11.5 Å². The summed E-state index contributed by atoms with van der Waals surface area (Å²) in [6.07, 6.45) is 0. The van der Waals surface area contributed by atoms with Crippen LogP contribution in [0.15, 0.2) is 82.0 Å². The average Bonchev–Trinajstić information content (AvgIpc) is 3.22. The van der Waals surface area contributed by atoms with Crippen LogP contribution in [0.4, 0.5) is 5.69 Å².